The number of ether oxygens (including phenoxy) is 1. The van der Waals surface area contributed by atoms with Crippen molar-refractivity contribution in [2.75, 3.05) is 26.7 Å². The molecule has 0 saturated carbocycles. The standard InChI is InChI=1S/C16H24N2O2.ClH/c1-3-12-18(13-8-10-17-11-9-13)16(19)14-6-4-5-7-15(14)20-2;/h4-7,13,17H,3,8-12H2,1-2H3;1H. The number of benzene rings is 1. The Morgan fingerprint density at radius 1 is 1.33 bits per heavy atom. The molecule has 5 heteroatoms. The number of carbonyl (C=O) groups excluding carboxylic acids is 1. The fourth-order valence-electron chi connectivity index (χ4n) is 2.79. The molecule has 1 saturated heterocycles. The molecular formula is C16H25ClN2O2. The zero-order valence-electron chi connectivity index (χ0n) is 12.8. The normalized spacial score (nSPS) is 15.1. The van der Waals surface area contributed by atoms with Crippen molar-refractivity contribution in [2.24, 2.45) is 0 Å². The van der Waals surface area contributed by atoms with Crippen molar-refractivity contribution in [3.63, 3.8) is 0 Å². The predicted octanol–water partition coefficient (Wildman–Crippen LogP) is 2.72. The van der Waals surface area contributed by atoms with Gasteiger partial charge in [-0.15, -0.1) is 12.4 Å². The lowest BCUT2D eigenvalue weighted by Crippen LogP contribution is -2.46. The lowest BCUT2D eigenvalue weighted by atomic mass is 10.0. The molecule has 1 aliphatic heterocycles. The highest BCUT2D eigenvalue weighted by Gasteiger charge is 2.26. The number of para-hydroxylation sites is 1. The summed E-state index contributed by atoms with van der Waals surface area (Å²) >= 11 is 0. The van der Waals surface area contributed by atoms with E-state index in [1.807, 2.05) is 29.2 Å². The lowest BCUT2D eigenvalue weighted by Gasteiger charge is -2.35. The van der Waals surface area contributed by atoms with Gasteiger partial charge in [-0.1, -0.05) is 19.1 Å². The molecular weight excluding hydrogens is 288 g/mol. The van der Waals surface area contributed by atoms with E-state index in [4.69, 9.17) is 4.74 Å². The lowest BCUT2D eigenvalue weighted by molar-refractivity contribution is 0.0639. The van der Waals surface area contributed by atoms with Crippen LogP contribution in [0.1, 0.15) is 36.5 Å². The molecule has 2 rings (SSSR count). The van der Waals surface area contributed by atoms with Crippen molar-refractivity contribution in [2.45, 2.75) is 32.2 Å². The molecule has 1 aliphatic rings. The third kappa shape index (κ3) is 4.35. The van der Waals surface area contributed by atoms with Crippen LogP contribution in [0.5, 0.6) is 5.75 Å². The largest absolute Gasteiger partial charge is 0.496 e. The highest BCUT2D eigenvalue weighted by atomic mass is 35.5. The number of hydrogen-bond acceptors (Lipinski definition) is 3. The molecule has 0 aromatic heterocycles. The smallest absolute Gasteiger partial charge is 0.257 e. The van der Waals surface area contributed by atoms with Gasteiger partial charge in [0.05, 0.1) is 12.7 Å². The van der Waals surface area contributed by atoms with E-state index >= 15 is 0 Å². The van der Waals surface area contributed by atoms with Crippen LogP contribution in [0.15, 0.2) is 24.3 Å². The van der Waals surface area contributed by atoms with Crippen molar-refractivity contribution >= 4 is 18.3 Å². The monoisotopic (exact) mass is 312 g/mol. The maximum atomic E-state index is 12.8. The topological polar surface area (TPSA) is 41.6 Å². The minimum atomic E-state index is 0. The number of hydrogen-bond donors (Lipinski definition) is 1. The van der Waals surface area contributed by atoms with Crippen molar-refractivity contribution in [1.29, 1.82) is 0 Å². The van der Waals surface area contributed by atoms with Crippen LogP contribution in [0.2, 0.25) is 0 Å². The van der Waals surface area contributed by atoms with Crippen molar-refractivity contribution in [3.05, 3.63) is 29.8 Å². The second-order valence-electron chi connectivity index (χ2n) is 5.18. The van der Waals surface area contributed by atoms with E-state index in [2.05, 4.69) is 12.2 Å². The molecule has 0 aliphatic carbocycles. The number of piperidine rings is 1. The Balaban J connectivity index is 0.00000220. The molecule has 4 nitrogen and oxygen atoms in total. The highest BCUT2D eigenvalue weighted by Crippen LogP contribution is 2.22. The SMILES string of the molecule is CCCN(C(=O)c1ccccc1OC)C1CCNCC1.Cl. The third-order valence-corrected chi connectivity index (χ3v) is 3.81. The molecule has 1 heterocycles. The Labute approximate surface area is 133 Å². The summed E-state index contributed by atoms with van der Waals surface area (Å²) in [6, 6.07) is 7.82. The zero-order chi connectivity index (χ0) is 14.4. The maximum absolute atomic E-state index is 12.8. The van der Waals surface area contributed by atoms with Crippen LogP contribution in [0.3, 0.4) is 0 Å². The quantitative estimate of drug-likeness (QED) is 0.909. The van der Waals surface area contributed by atoms with Crippen molar-refractivity contribution in [1.82, 2.24) is 10.2 Å². The first-order valence-electron chi connectivity index (χ1n) is 7.42. The van der Waals surface area contributed by atoms with Crippen molar-refractivity contribution < 1.29 is 9.53 Å². The van der Waals surface area contributed by atoms with Gasteiger partial charge in [-0.05, 0) is 44.5 Å². The molecule has 118 valence electrons. The van der Waals surface area contributed by atoms with E-state index in [1.165, 1.54) is 0 Å². The number of halogens is 1. The van der Waals surface area contributed by atoms with Gasteiger partial charge in [0.2, 0.25) is 0 Å². The van der Waals surface area contributed by atoms with E-state index in [0.29, 0.717) is 17.4 Å². The van der Waals surface area contributed by atoms with Crippen LogP contribution in [-0.4, -0.2) is 43.6 Å². The van der Waals surface area contributed by atoms with Gasteiger partial charge in [-0.25, -0.2) is 0 Å². The highest BCUT2D eigenvalue weighted by molar-refractivity contribution is 5.97. The van der Waals surface area contributed by atoms with Gasteiger partial charge in [-0.2, -0.15) is 0 Å². The minimum Gasteiger partial charge on any atom is -0.496 e. The molecule has 0 spiro atoms. The summed E-state index contributed by atoms with van der Waals surface area (Å²) in [6.45, 7) is 4.90. The van der Waals surface area contributed by atoms with E-state index in [-0.39, 0.29) is 18.3 Å². The van der Waals surface area contributed by atoms with E-state index in [1.54, 1.807) is 7.11 Å². The van der Waals surface area contributed by atoms with Gasteiger partial charge in [0.25, 0.3) is 5.91 Å². The van der Waals surface area contributed by atoms with Gasteiger partial charge in [0, 0.05) is 12.6 Å². The fraction of sp³-hybridized carbons (Fsp3) is 0.562. The van der Waals surface area contributed by atoms with Crippen LogP contribution in [-0.2, 0) is 0 Å². The van der Waals surface area contributed by atoms with Crippen molar-refractivity contribution in [3.8, 4) is 5.75 Å². The Hall–Kier alpha value is -1.26. The molecule has 0 atom stereocenters. The van der Waals surface area contributed by atoms with E-state index in [9.17, 15) is 4.79 Å². The summed E-state index contributed by atoms with van der Waals surface area (Å²) in [5.41, 5.74) is 0.669. The number of carbonyl (C=O) groups is 1. The van der Waals surface area contributed by atoms with Gasteiger partial charge in [0.15, 0.2) is 0 Å². The van der Waals surface area contributed by atoms with Crippen LogP contribution < -0.4 is 10.1 Å². The molecule has 0 bridgehead atoms. The Bertz CT molecular complexity index is 448. The fourth-order valence-corrected chi connectivity index (χ4v) is 2.79. The molecule has 21 heavy (non-hydrogen) atoms. The van der Waals surface area contributed by atoms with Gasteiger partial charge < -0.3 is 15.0 Å². The second-order valence-corrected chi connectivity index (χ2v) is 5.18. The first-order valence-corrected chi connectivity index (χ1v) is 7.42. The Morgan fingerprint density at radius 3 is 2.62 bits per heavy atom. The molecule has 0 radical (unpaired) electrons. The third-order valence-electron chi connectivity index (χ3n) is 3.81. The predicted molar refractivity (Wildman–Crippen MR) is 87.5 cm³/mol. The van der Waals surface area contributed by atoms with Gasteiger partial charge >= 0.3 is 0 Å². The van der Waals surface area contributed by atoms with Crippen LogP contribution in [0.25, 0.3) is 0 Å². The Morgan fingerprint density at radius 2 is 2.00 bits per heavy atom. The number of rotatable bonds is 5. The minimum absolute atomic E-state index is 0. The Kier molecular flexibility index (Phi) is 7.54. The molecule has 1 amide bonds. The average Bonchev–Trinajstić information content (AvgIpc) is 2.52. The first-order chi connectivity index (χ1) is 9.77. The summed E-state index contributed by atoms with van der Waals surface area (Å²) in [7, 11) is 1.61. The molecule has 1 aromatic carbocycles. The summed E-state index contributed by atoms with van der Waals surface area (Å²) in [4.78, 5) is 14.9. The second kappa shape index (κ2) is 8.90. The molecule has 1 N–H and O–H groups in total. The first kappa shape index (κ1) is 17.8. The number of nitrogens with zero attached hydrogens (tertiary/aromatic N) is 1. The van der Waals surface area contributed by atoms with E-state index < -0.39 is 0 Å². The summed E-state index contributed by atoms with van der Waals surface area (Å²) < 4.78 is 5.32. The van der Waals surface area contributed by atoms with Crippen LogP contribution in [0, 0.1) is 0 Å². The van der Waals surface area contributed by atoms with Crippen LogP contribution in [0.4, 0.5) is 0 Å². The summed E-state index contributed by atoms with van der Waals surface area (Å²) in [6.07, 6.45) is 3.03. The van der Waals surface area contributed by atoms with Gasteiger partial charge in [-0.3, -0.25) is 4.79 Å². The van der Waals surface area contributed by atoms with Crippen LogP contribution >= 0.6 is 12.4 Å². The van der Waals surface area contributed by atoms with Gasteiger partial charge in [0.1, 0.15) is 5.75 Å². The number of amides is 1. The molecule has 1 fully saturated rings. The number of nitrogens with one attached hydrogen (secondary N) is 1. The number of methoxy groups -OCH3 is 1. The van der Waals surface area contributed by atoms with E-state index in [0.717, 1.165) is 38.9 Å². The summed E-state index contributed by atoms with van der Waals surface area (Å²) in [5.74, 6) is 0.753. The average molecular weight is 313 g/mol. The molecule has 0 unspecified atom stereocenters. The zero-order valence-corrected chi connectivity index (χ0v) is 13.6. The summed E-state index contributed by atoms with van der Waals surface area (Å²) in [5, 5.41) is 3.35. The maximum Gasteiger partial charge on any atom is 0.257 e. The molecule has 1 aromatic rings.